The zero-order valence-corrected chi connectivity index (χ0v) is 11.3. The van der Waals surface area contributed by atoms with E-state index in [2.05, 4.69) is 17.5 Å². The minimum absolute atomic E-state index is 0.0365. The van der Waals surface area contributed by atoms with Crippen molar-refractivity contribution in [3.63, 3.8) is 0 Å². The van der Waals surface area contributed by atoms with Gasteiger partial charge < -0.3 is 9.47 Å². The van der Waals surface area contributed by atoms with Crippen molar-refractivity contribution < 1.29 is 19.1 Å². The Hall–Kier alpha value is -2.08. The molecule has 3 aliphatic rings. The van der Waals surface area contributed by atoms with Gasteiger partial charge in [0, 0.05) is 17.9 Å². The summed E-state index contributed by atoms with van der Waals surface area (Å²) in [6.07, 6.45) is 9.07. The van der Waals surface area contributed by atoms with Crippen molar-refractivity contribution in [3.05, 3.63) is 36.1 Å². The van der Waals surface area contributed by atoms with E-state index in [1.807, 2.05) is 12.2 Å². The van der Waals surface area contributed by atoms with Crippen molar-refractivity contribution in [2.75, 3.05) is 14.2 Å². The highest BCUT2D eigenvalue weighted by atomic mass is 16.5. The summed E-state index contributed by atoms with van der Waals surface area (Å²) in [5, 5.41) is 3.36. The number of hydrogen-bond donors (Lipinski definition) is 1. The minimum Gasteiger partial charge on any atom is -0.464 e. The van der Waals surface area contributed by atoms with Crippen LogP contribution in [-0.2, 0) is 14.3 Å². The lowest BCUT2D eigenvalue weighted by molar-refractivity contribution is -0.137. The molecule has 6 nitrogen and oxygen atoms in total. The molecule has 3 rings (SSSR count). The number of amides is 1. The maximum Gasteiger partial charge on any atom is 0.415 e. The second-order valence-corrected chi connectivity index (χ2v) is 4.95. The van der Waals surface area contributed by atoms with Gasteiger partial charge in [-0.3, -0.25) is 10.2 Å². The van der Waals surface area contributed by atoms with Crippen LogP contribution in [0.5, 0.6) is 0 Å². The minimum atomic E-state index is -0.562. The number of ether oxygens (including phenoxy) is 2. The van der Waals surface area contributed by atoms with Gasteiger partial charge in [-0.1, -0.05) is 24.3 Å². The lowest BCUT2D eigenvalue weighted by atomic mass is 9.87. The molecule has 0 aromatic rings. The number of carbonyl (C=O) groups excluding carboxylic acids is 2. The fourth-order valence-corrected chi connectivity index (χ4v) is 3.12. The van der Waals surface area contributed by atoms with Crippen LogP contribution in [0.25, 0.3) is 0 Å². The van der Waals surface area contributed by atoms with Crippen LogP contribution < -0.4 is 5.32 Å². The Morgan fingerprint density at radius 1 is 1.15 bits per heavy atom. The summed E-state index contributed by atoms with van der Waals surface area (Å²) in [7, 11) is 2.60. The molecule has 1 fully saturated rings. The Balaban J connectivity index is 1.96. The fraction of sp³-hybridized carbons (Fsp3) is 0.429. The third-order valence-corrected chi connectivity index (χ3v) is 4.00. The quantitative estimate of drug-likeness (QED) is 0.717. The van der Waals surface area contributed by atoms with E-state index >= 15 is 0 Å². The highest BCUT2D eigenvalue weighted by molar-refractivity contribution is 5.93. The first-order valence-electron chi connectivity index (χ1n) is 6.45. The molecule has 0 unspecified atom stereocenters. The number of esters is 1. The van der Waals surface area contributed by atoms with Gasteiger partial charge in [-0.25, -0.2) is 9.59 Å². The Morgan fingerprint density at radius 3 is 2.60 bits per heavy atom. The van der Waals surface area contributed by atoms with Gasteiger partial charge in [-0.15, -0.1) is 0 Å². The molecule has 0 spiro atoms. The number of methoxy groups -OCH3 is 2. The normalized spacial score (nSPS) is 33.5. The summed E-state index contributed by atoms with van der Waals surface area (Å²) in [6.45, 7) is 0. The van der Waals surface area contributed by atoms with Crippen molar-refractivity contribution >= 4 is 12.1 Å². The summed E-state index contributed by atoms with van der Waals surface area (Å²) in [5.74, 6) is -0.271. The summed E-state index contributed by atoms with van der Waals surface area (Å²) in [5.41, 5.74) is 0.239. The van der Waals surface area contributed by atoms with E-state index in [1.54, 1.807) is 6.08 Å². The Bertz CT molecular complexity index is 537. The van der Waals surface area contributed by atoms with Crippen LogP contribution in [-0.4, -0.2) is 43.4 Å². The lowest BCUT2D eigenvalue weighted by Gasteiger charge is -2.25. The molecular formula is C14H16N2O4. The van der Waals surface area contributed by atoms with Gasteiger partial charge in [-0.2, -0.15) is 0 Å². The zero-order chi connectivity index (χ0) is 14.3. The molecule has 0 bridgehead atoms. The maximum atomic E-state index is 12.0. The lowest BCUT2D eigenvalue weighted by Crippen LogP contribution is -2.47. The molecule has 1 aliphatic carbocycles. The topological polar surface area (TPSA) is 67.9 Å². The van der Waals surface area contributed by atoms with E-state index in [9.17, 15) is 9.59 Å². The van der Waals surface area contributed by atoms with Crippen molar-refractivity contribution in [1.29, 1.82) is 0 Å². The van der Waals surface area contributed by atoms with Crippen LogP contribution in [0, 0.1) is 11.8 Å². The third kappa shape index (κ3) is 1.76. The Morgan fingerprint density at radius 2 is 1.90 bits per heavy atom. The molecule has 6 heteroatoms. The fourth-order valence-electron chi connectivity index (χ4n) is 3.12. The molecule has 106 valence electrons. The van der Waals surface area contributed by atoms with Crippen molar-refractivity contribution in [2.45, 2.75) is 12.2 Å². The number of hydrogen-bond acceptors (Lipinski definition) is 5. The SMILES string of the molecule is COC(=O)C1=C[C@@H]2[C@@H]3C=CC=C[C@@H]3N[C@H]2N1C(=O)OC. The second-order valence-electron chi connectivity index (χ2n) is 4.95. The summed E-state index contributed by atoms with van der Waals surface area (Å²) in [6, 6.07) is 0.164. The van der Waals surface area contributed by atoms with Crippen LogP contribution in [0.4, 0.5) is 4.79 Å². The zero-order valence-electron chi connectivity index (χ0n) is 11.3. The molecular weight excluding hydrogens is 260 g/mol. The smallest absolute Gasteiger partial charge is 0.415 e. The van der Waals surface area contributed by atoms with E-state index in [-0.39, 0.29) is 29.7 Å². The van der Waals surface area contributed by atoms with E-state index in [0.29, 0.717) is 0 Å². The average Bonchev–Trinajstić information content (AvgIpc) is 3.01. The largest absolute Gasteiger partial charge is 0.464 e. The number of rotatable bonds is 1. The molecule has 1 amide bonds. The highest BCUT2D eigenvalue weighted by Crippen LogP contribution is 2.40. The van der Waals surface area contributed by atoms with Crippen LogP contribution in [0.2, 0.25) is 0 Å². The van der Waals surface area contributed by atoms with Crippen LogP contribution >= 0.6 is 0 Å². The predicted molar refractivity (Wildman–Crippen MR) is 70.3 cm³/mol. The first kappa shape index (κ1) is 12.9. The third-order valence-electron chi connectivity index (χ3n) is 4.00. The summed E-state index contributed by atoms with van der Waals surface area (Å²) >= 11 is 0. The molecule has 0 aromatic carbocycles. The monoisotopic (exact) mass is 276 g/mol. The van der Waals surface area contributed by atoms with Gasteiger partial charge in [0.1, 0.15) is 5.70 Å². The van der Waals surface area contributed by atoms with Crippen molar-refractivity contribution in [2.24, 2.45) is 11.8 Å². The number of nitrogens with zero attached hydrogens (tertiary/aromatic N) is 1. The van der Waals surface area contributed by atoms with Crippen LogP contribution in [0.15, 0.2) is 36.1 Å². The van der Waals surface area contributed by atoms with Crippen molar-refractivity contribution in [1.82, 2.24) is 10.2 Å². The second kappa shape index (κ2) is 4.79. The van der Waals surface area contributed by atoms with Crippen LogP contribution in [0.1, 0.15) is 0 Å². The molecule has 2 aliphatic heterocycles. The molecule has 0 radical (unpaired) electrons. The van der Waals surface area contributed by atoms with Gasteiger partial charge >= 0.3 is 12.1 Å². The Kier molecular flexibility index (Phi) is 3.10. The Labute approximate surface area is 116 Å². The predicted octanol–water partition coefficient (Wildman–Crippen LogP) is 0.782. The molecule has 0 saturated carbocycles. The summed E-state index contributed by atoms with van der Waals surface area (Å²) in [4.78, 5) is 25.2. The average molecular weight is 276 g/mol. The van der Waals surface area contributed by atoms with E-state index in [1.165, 1.54) is 19.1 Å². The molecule has 1 saturated heterocycles. The first-order chi connectivity index (χ1) is 9.67. The molecule has 2 heterocycles. The van der Waals surface area contributed by atoms with Crippen LogP contribution in [0.3, 0.4) is 0 Å². The molecule has 4 atom stereocenters. The van der Waals surface area contributed by atoms with Gasteiger partial charge in [0.25, 0.3) is 0 Å². The molecule has 1 N–H and O–H groups in total. The molecule has 0 aromatic heterocycles. The van der Waals surface area contributed by atoms with Gasteiger partial charge in [0.05, 0.1) is 20.4 Å². The maximum absolute atomic E-state index is 12.0. The first-order valence-corrected chi connectivity index (χ1v) is 6.45. The van der Waals surface area contributed by atoms with Gasteiger partial charge in [-0.05, 0) is 6.08 Å². The standard InChI is InChI=1S/C14H16N2O4/c1-19-13(17)11-7-9-8-5-3-4-6-10(8)15-12(9)16(11)14(18)20-2/h3-10,12,15H,1-2H3/t8-,9+,10-,12-/m0/s1. The number of fused-ring (bicyclic) bond motifs is 3. The molecule has 20 heavy (non-hydrogen) atoms. The van der Waals surface area contributed by atoms with E-state index < -0.39 is 12.1 Å². The summed E-state index contributed by atoms with van der Waals surface area (Å²) < 4.78 is 9.53. The number of carbonyl (C=O) groups is 2. The van der Waals surface area contributed by atoms with E-state index in [4.69, 9.17) is 9.47 Å². The number of nitrogens with one attached hydrogen (secondary N) is 1. The highest BCUT2D eigenvalue weighted by Gasteiger charge is 2.51. The van der Waals surface area contributed by atoms with E-state index in [0.717, 1.165) is 0 Å². The van der Waals surface area contributed by atoms with Gasteiger partial charge in [0.2, 0.25) is 0 Å². The van der Waals surface area contributed by atoms with Crippen molar-refractivity contribution in [3.8, 4) is 0 Å². The van der Waals surface area contributed by atoms with Gasteiger partial charge in [0.15, 0.2) is 0 Å². The number of allylic oxidation sites excluding steroid dienone is 2.